The fraction of sp³-hybridized carbons (Fsp3) is 0.321. The lowest BCUT2D eigenvalue weighted by atomic mass is 9.81. The summed E-state index contributed by atoms with van der Waals surface area (Å²) in [7, 11) is 1.63. The van der Waals surface area contributed by atoms with Gasteiger partial charge in [-0.1, -0.05) is 12.1 Å². The van der Waals surface area contributed by atoms with Crippen molar-refractivity contribution < 1.29 is 24.2 Å². The van der Waals surface area contributed by atoms with Crippen molar-refractivity contribution in [2.24, 2.45) is 0 Å². The van der Waals surface area contributed by atoms with Gasteiger partial charge in [-0.15, -0.1) is 0 Å². The zero-order valence-electron chi connectivity index (χ0n) is 21.3. The van der Waals surface area contributed by atoms with Crippen LogP contribution in [0.1, 0.15) is 29.8 Å². The highest BCUT2D eigenvalue weighted by atomic mass is 16.5. The second kappa shape index (κ2) is 9.21. The summed E-state index contributed by atoms with van der Waals surface area (Å²) in [5.74, 6) is 0.560. The number of hydrogen-bond acceptors (Lipinski definition) is 6. The third-order valence-corrected chi connectivity index (χ3v) is 7.52. The molecule has 0 saturated carbocycles. The molecule has 4 aromatic rings. The summed E-state index contributed by atoms with van der Waals surface area (Å²) in [6.07, 6.45) is 5.49. The van der Waals surface area contributed by atoms with E-state index in [1.807, 2.05) is 35.8 Å². The molecule has 1 saturated heterocycles. The number of rotatable bonds is 8. The van der Waals surface area contributed by atoms with Crippen molar-refractivity contribution in [2.75, 3.05) is 26.9 Å². The predicted octanol–water partition coefficient (Wildman–Crippen LogP) is 3.46. The van der Waals surface area contributed by atoms with Gasteiger partial charge in [0, 0.05) is 55.6 Å². The van der Waals surface area contributed by atoms with Crippen molar-refractivity contribution in [1.82, 2.24) is 24.3 Å². The SMILES string of the molecule is COCCOc1ccc2[nH]c3c(c2c1)CC1(C)C(=O)N(CCn2ccnc2)C(=O)N1C3c1cccc(O)c1. The number of phenols is 1. The average molecular weight is 516 g/mol. The Labute approximate surface area is 219 Å². The monoisotopic (exact) mass is 515 g/mol. The molecule has 1 fully saturated rings. The minimum Gasteiger partial charge on any atom is -0.508 e. The molecule has 3 amide bonds. The molecule has 10 nitrogen and oxygen atoms in total. The Morgan fingerprint density at radius 1 is 1.16 bits per heavy atom. The number of ether oxygens (including phenoxy) is 2. The first-order valence-corrected chi connectivity index (χ1v) is 12.6. The number of aromatic hydroxyl groups is 1. The topological polar surface area (TPSA) is 113 Å². The molecule has 2 aromatic heterocycles. The molecule has 2 N–H and O–H groups in total. The number of phenolic OH excluding ortho intramolecular Hbond substituents is 1. The van der Waals surface area contributed by atoms with Crippen LogP contribution < -0.4 is 4.74 Å². The minimum absolute atomic E-state index is 0.0937. The van der Waals surface area contributed by atoms with Gasteiger partial charge in [0.25, 0.3) is 5.91 Å². The number of fused-ring (bicyclic) bond motifs is 4. The summed E-state index contributed by atoms with van der Waals surface area (Å²) in [5, 5.41) is 11.3. The van der Waals surface area contributed by atoms with Gasteiger partial charge in [-0.3, -0.25) is 14.6 Å². The van der Waals surface area contributed by atoms with Crippen LogP contribution in [0.3, 0.4) is 0 Å². The van der Waals surface area contributed by atoms with Gasteiger partial charge >= 0.3 is 6.03 Å². The summed E-state index contributed by atoms with van der Waals surface area (Å²) in [6, 6.07) is 11.7. The standard InChI is InChI=1S/C28H29N5O5/c1-28-16-22-21-15-20(38-13-12-37-2)6-7-23(21)30-24(22)25(18-4-3-5-19(34)14-18)33(28)27(36)32(26(28)35)11-10-31-9-8-29-17-31/h3-9,14-15,17,25,30,34H,10-13,16H2,1-2H3. The largest absolute Gasteiger partial charge is 0.508 e. The van der Waals surface area contributed by atoms with Gasteiger partial charge in [0.15, 0.2) is 0 Å². The van der Waals surface area contributed by atoms with Crippen molar-refractivity contribution in [3.05, 3.63) is 78.0 Å². The molecule has 2 aromatic carbocycles. The van der Waals surface area contributed by atoms with Crippen molar-refractivity contribution in [3.63, 3.8) is 0 Å². The highest BCUT2D eigenvalue weighted by Crippen LogP contribution is 2.49. The molecule has 0 bridgehead atoms. The Morgan fingerprint density at radius 2 is 2.03 bits per heavy atom. The van der Waals surface area contributed by atoms with Crippen LogP contribution in [0.15, 0.2) is 61.2 Å². The van der Waals surface area contributed by atoms with Gasteiger partial charge in [-0.25, -0.2) is 9.78 Å². The predicted molar refractivity (Wildman–Crippen MR) is 139 cm³/mol. The number of urea groups is 1. The van der Waals surface area contributed by atoms with E-state index < -0.39 is 11.6 Å². The van der Waals surface area contributed by atoms with Crippen LogP contribution in [0.25, 0.3) is 10.9 Å². The quantitative estimate of drug-likeness (QED) is 0.275. The van der Waals surface area contributed by atoms with E-state index in [9.17, 15) is 14.7 Å². The third kappa shape index (κ3) is 3.79. The highest BCUT2D eigenvalue weighted by Gasteiger charge is 2.60. The average Bonchev–Trinajstić information content (AvgIpc) is 3.59. The number of amides is 3. The smallest absolute Gasteiger partial charge is 0.328 e. The summed E-state index contributed by atoms with van der Waals surface area (Å²) in [5.41, 5.74) is 2.30. The molecule has 6 rings (SSSR count). The van der Waals surface area contributed by atoms with E-state index in [1.165, 1.54) is 4.90 Å². The van der Waals surface area contributed by atoms with E-state index in [2.05, 4.69) is 9.97 Å². The molecule has 2 atom stereocenters. The number of hydrogen-bond donors (Lipinski definition) is 2. The first kappa shape index (κ1) is 24.1. The van der Waals surface area contributed by atoms with Crippen LogP contribution in [-0.4, -0.2) is 73.8 Å². The number of carbonyl (C=O) groups excluding carboxylic acids is 2. The van der Waals surface area contributed by atoms with Crippen LogP contribution in [0, 0.1) is 0 Å². The maximum Gasteiger partial charge on any atom is 0.328 e. The first-order chi connectivity index (χ1) is 18.4. The Hall–Kier alpha value is -4.31. The molecule has 0 aliphatic carbocycles. The Bertz CT molecular complexity index is 1510. The van der Waals surface area contributed by atoms with Gasteiger partial charge in [-0.05, 0) is 48.4 Å². The molecule has 0 radical (unpaired) electrons. The van der Waals surface area contributed by atoms with Crippen LogP contribution in [0.2, 0.25) is 0 Å². The number of nitrogens with one attached hydrogen (secondary N) is 1. The van der Waals surface area contributed by atoms with Gasteiger partial charge in [0.05, 0.1) is 12.9 Å². The lowest BCUT2D eigenvalue weighted by Gasteiger charge is -2.42. The number of methoxy groups -OCH3 is 1. The summed E-state index contributed by atoms with van der Waals surface area (Å²) in [4.78, 5) is 38.4. The second-order valence-corrected chi connectivity index (χ2v) is 9.92. The van der Waals surface area contributed by atoms with Gasteiger partial charge in [0.1, 0.15) is 29.7 Å². The zero-order chi connectivity index (χ0) is 26.4. The molecular weight excluding hydrogens is 486 g/mol. The van der Waals surface area contributed by atoms with E-state index in [0.717, 1.165) is 27.7 Å². The van der Waals surface area contributed by atoms with Crippen molar-refractivity contribution in [3.8, 4) is 11.5 Å². The molecular formula is C28H29N5O5. The van der Waals surface area contributed by atoms with Crippen LogP contribution in [0.4, 0.5) is 4.79 Å². The zero-order valence-corrected chi connectivity index (χ0v) is 21.3. The Balaban J connectivity index is 1.45. The summed E-state index contributed by atoms with van der Waals surface area (Å²) >= 11 is 0. The van der Waals surface area contributed by atoms with Crippen LogP contribution in [0.5, 0.6) is 11.5 Å². The first-order valence-electron chi connectivity index (χ1n) is 12.6. The number of benzene rings is 2. The van der Waals surface area contributed by atoms with E-state index in [0.29, 0.717) is 31.9 Å². The van der Waals surface area contributed by atoms with Gasteiger partial charge in [-0.2, -0.15) is 0 Å². The highest BCUT2D eigenvalue weighted by molar-refractivity contribution is 6.08. The fourth-order valence-electron chi connectivity index (χ4n) is 5.70. The second-order valence-electron chi connectivity index (χ2n) is 9.92. The molecule has 2 aliphatic heterocycles. The maximum absolute atomic E-state index is 13.9. The fourth-order valence-corrected chi connectivity index (χ4v) is 5.70. The van der Waals surface area contributed by atoms with Gasteiger partial charge < -0.3 is 24.1 Å². The molecule has 196 valence electrons. The van der Waals surface area contributed by atoms with Crippen molar-refractivity contribution in [2.45, 2.75) is 31.5 Å². The van der Waals surface area contributed by atoms with E-state index in [4.69, 9.17) is 9.47 Å². The number of imidazole rings is 1. The number of nitrogens with zero attached hydrogens (tertiary/aromatic N) is 4. The number of aromatic nitrogens is 3. The Kier molecular flexibility index (Phi) is 5.83. The lowest BCUT2D eigenvalue weighted by molar-refractivity contribution is -0.133. The lowest BCUT2D eigenvalue weighted by Crippen LogP contribution is -2.53. The van der Waals surface area contributed by atoms with Crippen LogP contribution >= 0.6 is 0 Å². The van der Waals surface area contributed by atoms with Gasteiger partial charge in [0.2, 0.25) is 0 Å². The van der Waals surface area contributed by atoms with Crippen molar-refractivity contribution >= 4 is 22.8 Å². The molecule has 0 spiro atoms. The van der Waals surface area contributed by atoms with E-state index in [-0.39, 0.29) is 24.2 Å². The minimum atomic E-state index is -1.10. The van der Waals surface area contributed by atoms with Crippen molar-refractivity contribution in [1.29, 1.82) is 0 Å². The summed E-state index contributed by atoms with van der Waals surface area (Å²) in [6.45, 7) is 3.42. The third-order valence-electron chi connectivity index (χ3n) is 7.52. The normalized spacial score (nSPS) is 20.7. The molecule has 4 heterocycles. The molecule has 10 heteroatoms. The summed E-state index contributed by atoms with van der Waals surface area (Å²) < 4.78 is 12.8. The number of carbonyl (C=O) groups is 2. The number of aromatic amines is 1. The molecule has 38 heavy (non-hydrogen) atoms. The molecule has 2 aliphatic rings. The number of imide groups is 1. The van der Waals surface area contributed by atoms with E-state index in [1.54, 1.807) is 48.9 Å². The maximum atomic E-state index is 13.9. The number of H-pyrrole nitrogens is 1. The Morgan fingerprint density at radius 3 is 2.79 bits per heavy atom. The van der Waals surface area contributed by atoms with Crippen LogP contribution in [-0.2, 0) is 22.5 Å². The van der Waals surface area contributed by atoms with E-state index >= 15 is 0 Å². The molecule has 2 unspecified atom stereocenters.